The second-order valence-electron chi connectivity index (χ2n) is 4.99. The number of benzene rings is 1. The van der Waals surface area contributed by atoms with E-state index in [0.29, 0.717) is 18.7 Å². The van der Waals surface area contributed by atoms with E-state index in [2.05, 4.69) is 21.9 Å². The predicted molar refractivity (Wildman–Crippen MR) is 72.3 cm³/mol. The molecule has 0 heterocycles. The van der Waals surface area contributed by atoms with Crippen molar-refractivity contribution in [3.8, 4) is 17.6 Å². The topological polar surface area (TPSA) is 69.0 Å². The van der Waals surface area contributed by atoms with Gasteiger partial charge in [-0.1, -0.05) is 37.7 Å². The first-order valence-corrected chi connectivity index (χ1v) is 5.78. The van der Waals surface area contributed by atoms with Crippen LogP contribution in [0.5, 0.6) is 5.75 Å². The molecule has 0 aliphatic rings. The van der Waals surface area contributed by atoms with Crippen molar-refractivity contribution in [1.29, 1.82) is 0 Å². The van der Waals surface area contributed by atoms with Gasteiger partial charge in [-0.05, 0) is 29.1 Å². The van der Waals surface area contributed by atoms with E-state index in [-0.39, 0.29) is 5.41 Å². The molecular weight excluding hydrogens is 226 g/mol. The molecule has 18 heavy (non-hydrogen) atoms. The molecular formula is C14H17N3O. The van der Waals surface area contributed by atoms with Gasteiger partial charge in [-0.15, -0.1) is 0 Å². The minimum atomic E-state index is -0.118. The third-order valence-corrected chi connectivity index (χ3v) is 2.44. The van der Waals surface area contributed by atoms with Gasteiger partial charge in [0, 0.05) is 29.0 Å². The van der Waals surface area contributed by atoms with E-state index in [1.807, 2.05) is 26.8 Å². The Hall–Kier alpha value is -2.11. The summed E-state index contributed by atoms with van der Waals surface area (Å²) in [6.07, 6.45) is 0.537. The number of aromatic hydroxyl groups is 1. The Morgan fingerprint density at radius 1 is 1.39 bits per heavy atom. The van der Waals surface area contributed by atoms with Crippen LogP contribution < -0.4 is 0 Å². The summed E-state index contributed by atoms with van der Waals surface area (Å²) in [5.41, 5.74) is 9.74. The van der Waals surface area contributed by atoms with Gasteiger partial charge in [-0.25, -0.2) is 0 Å². The Balaban J connectivity index is 2.89. The van der Waals surface area contributed by atoms with E-state index in [0.717, 1.165) is 11.1 Å². The van der Waals surface area contributed by atoms with E-state index in [9.17, 15) is 5.11 Å². The summed E-state index contributed by atoms with van der Waals surface area (Å²) in [7, 11) is 0. The van der Waals surface area contributed by atoms with Gasteiger partial charge in [0.25, 0.3) is 0 Å². The molecule has 4 nitrogen and oxygen atoms in total. The quantitative estimate of drug-likeness (QED) is 0.277. The molecule has 0 atom stereocenters. The van der Waals surface area contributed by atoms with Crippen LogP contribution in [0, 0.1) is 11.8 Å². The van der Waals surface area contributed by atoms with Crippen LogP contribution in [0.2, 0.25) is 0 Å². The molecule has 0 aliphatic carbocycles. The molecule has 0 fully saturated rings. The Kier molecular flexibility index (Phi) is 4.65. The molecule has 0 radical (unpaired) electrons. The average molecular weight is 243 g/mol. The largest absolute Gasteiger partial charge is 0.508 e. The molecule has 0 saturated carbocycles. The molecule has 0 aliphatic heterocycles. The molecule has 1 aromatic rings. The normalized spacial score (nSPS) is 10.2. The van der Waals surface area contributed by atoms with Gasteiger partial charge in [-0.2, -0.15) is 0 Å². The van der Waals surface area contributed by atoms with Crippen LogP contribution in [0.25, 0.3) is 10.4 Å². The lowest BCUT2D eigenvalue weighted by Gasteiger charge is -2.20. The van der Waals surface area contributed by atoms with Crippen molar-refractivity contribution in [1.82, 2.24) is 0 Å². The van der Waals surface area contributed by atoms with Crippen LogP contribution in [-0.4, -0.2) is 11.7 Å². The summed E-state index contributed by atoms with van der Waals surface area (Å²) in [4.78, 5) is 2.66. The zero-order valence-electron chi connectivity index (χ0n) is 10.9. The van der Waals surface area contributed by atoms with E-state index in [1.165, 1.54) is 0 Å². The van der Waals surface area contributed by atoms with Crippen LogP contribution in [0.1, 0.15) is 38.3 Å². The lowest BCUT2D eigenvalue weighted by Crippen LogP contribution is -2.11. The Labute approximate surface area is 107 Å². The third-order valence-electron chi connectivity index (χ3n) is 2.44. The number of phenols is 1. The summed E-state index contributed by atoms with van der Waals surface area (Å²) in [6.45, 7) is 6.51. The Morgan fingerprint density at radius 3 is 2.72 bits per heavy atom. The molecule has 0 amide bonds. The fourth-order valence-corrected chi connectivity index (χ4v) is 1.53. The summed E-state index contributed by atoms with van der Waals surface area (Å²) >= 11 is 0. The number of hydrogen-bond donors (Lipinski definition) is 1. The van der Waals surface area contributed by atoms with Crippen molar-refractivity contribution in [2.24, 2.45) is 5.11 Å². The molecule has 0 aromatic heterocycles. The minimum absolute atomic E-state index is 0.118. The maximum absolute atomic E-state index is 9.81. The van der Waals surface area contributed by atoms with Crippen LogP contribution in [0.15, 0.2) is 23.3 Å². The van der Waals surface area contributed by atoms with Gasteiger partial charge in [0.1, 0.15) is 5.75 Å². The van der Waals surface area contributed by atoms with Crippen LogP contribution in [0.4, 0.5) is 0 Å². The van der Waals surface area contributed by atoms with Crippen molar-refractivity contribution >= 4 is 0 Å². The van der Waals surface area contributed by atoms with Gasteiger partial charge < -0.3 is 5.11 Å². The van der Waals surface area contributed by atoms with E-state index < -0.39 is 0 Å². The highest BCUT2D eigenvalue weighted by molar-refractivity contribution is 5.46. The molecule has 0 saturated heterocycles. The van der Waals surface area contributed by atoms with E-state index in [1.54, 1.807) is 12.1 Å². The van der Waals surface area contributed by atoms with Gasteiger partial charge >= 0.3 is 0 Å². The maximum atomic E-state index is 9.81. The highest BCUT2D eigenvalue weighted by Gasteiger charge is 2.17. The van der Waals surface area contributed by atoms with Crippen molar-refractivity contribution in [2.45, 2.75) is 32.6 Å². The lowest BCUT2D eigenvalue weighted by atomic mass is 9.85. The van der Waals surface area contributed by atoms with Crippen molar-refractivity contribution < 1.29 is 5.11 Å². The molecule has 0 bridgehead atoms. The molecule has 0 unspecified atom stereocenters. The zero-order chi connectivity index (χ0) is 13.6. The van der Waals surface area contributed by atoms with Crippen molar-refractivity contribution in [2.75, 3.05) is 6.54 Å². The fraction of sp³-hybridized carbons (Fsp3) is 0.429. The first-order chi connectivity index (χ1) is 8.45. The summed E-state index contributed by atoms with van der Waals surface area (Å²) < 4.78 is 0. The van der Waals surface area contributed by atoms with Gasteiger partial charge in [0.2, 0.25) is 0 Å². The maximum Gasteiger partial charge on any atom is 0.119 e. The highest BCUT2D eigenvalue weighted by atomic mass is 16.3. The van der Waals surface area contributed by atoms with Crippen molar-refractivity contribution in [3.05, 3.63) is 39.8 Å². The van der Waals surface area contributed by atoms with Crippen LogP contribution in [0.3, 0.4) is 0 Å². The zero-order valence-corrected chi connectivity index (χ0v) is 10.9. The van der Waals surface area contributed by atoms with Crippen LogP contribution in [-0.2, 0) is 5.41 Å². The molecule has 4 heteroatoms. The summed E-state index contributed by atoms with van der Waals surface area (Å²) in [5.74, 6) is 6.23. The highest BCUT2D eigenvalue weighted by Crippen LogP contribution is 2.30. The predicted octanol–water partition coefficient (Wildman–Crippen LogP) is 3.74. The fourth-order valence-electron chi connectivity index (χ4n) is 1.53. The van der Waals surface area contributed by atoms with Gasteiger partial charge in [-0.3, -0.25) is 0 Å². The number of hydrogen-bond acceptors (Lipinski definition) is 2. The summed E-state index contributed by atoms with van der Waals surface area (Å²) in [5, 5.41) is 13.2. The van der Waals surface area contributed by atoms with Gasteiger partial charge in [0.15, 0.2) is 0 Å². The number of nitrogens with zero attached hydrogens (tertiary/aromatic N) is 3. The number of azide groups is 1. The lowest BCUT2D eigenvalue weighted by molar-refractivity contribution is 0.446. The average Bonchev–Trinajstić information content (AvgIpc) is 2.29. The SMILES string of the molecule is CC(C)(C)c1cc(C#CCCN=[N+]=[N-])ccc1O. The Morgan fingerprint density at radius 2 is 2.11 bits per heavy atom. The van der Waals surface area contributed by atoms with E-state index in [4.69, 9.17) is 5.53 Å². The minimum Gasteiger partial charge on any atom is -0.508 e. The second-order valence-corrected chi connectivity index (χ2v) is 4.99. The first-order valence-electron chi connectivity index (χ1n) is 5.78. The second kappa shape index (κ2) is 6.00. The molecule has 94 valence electrons. The third kappa shape index (κ3) is 4.04. The summed E-state index contributed by atoms with van der Waals surface area (Å²) in [6, 6.07) is 5.35. The number of phenolic OH excluding ortho intramolecular Hbond substituents is 1. The molecule has 1 N–H and O–H groups in total. The first kappa shape index (κ1) is 14.0. The van der Waals surface area contributed by atoms with E-state index >= 15 is 0 Å². The van der Waals surface area contributed by atoms with Crippen molar-refractivity contribution in [3.63, 3.8) is 0 Å². The number of rotatable bonds is 2. The van der Waals surface area contributed by atoms with Crippen LogP contribution >= 0.6 is 0 Å². The molecule has 1 rings (SSSR count). The molecule has 0 spiro atoms. The van der Waals surface area contributed by atoms with Gasteiger partial charge in [0.05, 0.1) is 0 Å². The smallest absolute Gasteiger partial charge is 0.119 e. The Bertz CT molecular complexity index is 526. The standard InChI is InChI=1S/C14H17N3O/c1-14(2,3)12-10-11(7-8-13(12)18)6-4-5-9-16-17-15/h7-8,10,18H,5,9H2,1-3H3. The molecule has 1 aromatic carbocycles. The monoisotopic (exact) mass is 243 g/mol.